The molecule has 6 unspecified atom stereocenters. The van der Waals surface area contributed by atoms with Gasteiger partial charge in [0.2, 0.25) is 0 Å². The summed E-state index contributed by atoms with van der Waals surface area (Å²) in [6.07, 6.45) is -1.80. The number of ether oxygens (including phenoxy) is 5. The first kappa shape index (κ1) is 22.2. The summed E-state index contributed by atoms with van der Waals surface area (Å²) < 4.78 is 30.7. The highest BCUT2D eigenvalue weighted by Gasteiger charge is 2.50. The molecule has 6 nitrogen and oxygen atoms in total. The molecule has 3 aliphatic rings. The summed E-state index contributed by atoms with van der Waals surface area (Å²) in [6.45, 7) is 11.2. The highest BCUT2D eigenvalue weighted by Crippen LogP contribution is 2.41. The third-order valence-electron chi connectivity index (χ3n) is 7.44. The molecule has 3 aliphatic heterocycles. The second-order valence-corrected chi connectivity index (χ2v) is 9.23. The first-order valence-electron chi connectivity index (χ1n) is 11.4. The van der Waals surface area contributed by atoms with Crippen LogP contribution in [0.25, 0.3) is 0 Å². The highest BCUT2D eigenvalue weighted by molar-refractivity contribution is 5.16. The van der Waals surface area contributed by atoms with Gasteiger partial charge in [-0.3, -0.25) is 0 Å². The maximum Gasteiger partial charge on any atom is 0.184 e. The molecule has 3 saturated heterocycles. The van der Waals surface area contributed by atoms with Crippen LogP contribution in [0.5, 0.6) is 0 Å². The number of fused-ring (bicyclic) bond motifs is 1. The molecule has 30 heavy (non-hydrogen) atoms. The minimum absolute atomic E-state index is 0.0700. The summed E-state index contributed by atoms with van der Waals surface area (Å²) in [5.41, 5.74) is 0.976. The van der Waals surface area contributed by atoms with Gasteiger partial charge < -0.3 is 28.8 Å². The van der Waals surface area contributed by atoms with Crippen LogP contribution in [-0.4, -0.2) is 48.7 Å². The number of rotatable bonds is 4. The zero-order chi connectivity index (χ0) is 21.4. The predicted octanol–water partition coefficient (Wildman–Crippen LogP) is 3.88. The quantitative estimate of drug-likeness (QED) is 0.797. The molecule has 1 N–H and O–H groups in total. The first-order chi connectivity index (χ1) is 14.4. The van der Waals surface area contributed by atoms with Gasteiger partial charge in [0.15, 0.2) is 18.9 Å². The van der Waals surface area contributed by atoms with E-state index in [9.17, 15) is 5.11 Å². The molecule has 1 aromatic rings. The Labute approximate surface area is 179 Å². The number of aliphatic hydroxyl groups excluding tert-OH is 1. The van der Waals surface area contributed by atoms with Gasteiger partial charge >= 0.3 is 0 Å². The van der Waals surface area contributed by atoms with Gasteiger partial charge in [0.1, 0.15) is 12.2 Å². The fourth-order valence-corrected chi connectivity index (χ4v) is 5.07. The summed E-state index contributed by atoms with van der Waals surface area (Å²) >= 11 is 0. The summed E-state index contributed by atoms with van der Waals surface area (Å²) in [4.78, 5) is 0. The van der Waals surface area contributed by atoms with E-state index in [0.29, 0.717) is 18.4 Å². The third-order valence-corrected chi connectivity index (χ3v) is 7.44. The van der Waals surface area contributed by atoms with Crippen LogP contribution in [0.1, 0.15) is 52.9 Å². The lowest BCUT2D eigenvalue weighted by atomic mass is 9.78. The van der Waals surface area contributed by atoms with E-state index in [1.165, 1.54) is 0 Å². The number of hydrogen-bond donors (Lipinski definition) is 1. The summed E-state index contributed by atoms with van der Waals surface area (Å²) in [7, 11) is 0. The Balaban J connectivity index is 1.46. The average Bonchev–Trinajstić information content (AvgIpc) is 2.77. The van der Waals surface area contributed by atoms with Crippen molar-refractivity contribution in [1.29, 1.82) is 0 Å². The van der Waals surface area contributed by atoms with E-state index >= 15 is 0 Å². The fraction of sp³-hybridized carbons (Fsp3) is 0.750. The van der Waals surface area contributed by atoms with Crippen molar-refractivity contribution in [2.24, 2.45) is 23.7 Å². The van der Waals surface area contributed by atoms with E-state index in [1.54, 1.807) is 0 Å². The molecule has 3 heterocycles. The van der Waals surface area contributed by atoms with Crippen molar-refractivity contribution in [3.05, 3.63) is 35.9 Å². The van der Waals surface area contributed by atoms with Gasteiger partial charge in [0.05, 0.1) is 18.8 Å². The molecule has 4 rings (SSSR count). The molecule has 0 amide bonds. The molecular formula is C24H36O6. The second-order valence-electron chi connectivity index (χ2n) is 9.23. The van der Waals surface area contributed by atoms with Crippen LogP contribution >= 0.6 is 0 Å². The first-order valence-corrected chi connectivity index (χ1v) is 11.4. The Morgan fingerprint density at radius 1 is 0.933 bits per heavy atom. The minimum atomic E-state index is -1.03. The Hall–Kier alpha value is -1.02. The Morgan fingerprint density at radius 2 is 1.67 bits per heavy atom. The number of benzene rings is 1. The van der Waals surface area contributed by atoms with Crippen LogP contribution in [0.4, 0.5) is 0 Å². The van der Waals surface area contributed by atoms with Crippen molar-refractivity contribution in [1.82, 2.24) is 0 Å². The van der Waals surface area contributed by atoms with E-state index in [-0.39, 0.29) is 36.4 Å². The normalized spacial score (nSPS) is 46.9. The second kappa shape index (κ2) is 9.23. The molecule has 0 aliphatic carbocycles. The zero-order valence-corrected chi connectivity index (χ0v) is 18.6. The van der Waals surface area contributed by atoms with Crippen LogP contribution in [0.3, 0.4) is 0 Å². The molecular weight excluding hydrogens is 384 g/mol. The fourth-order valence-electron chi connectivity index (χ4n) is 5.07. The van der Waals surface area contributed by atoms with E-state index in [0.717, 1.165) is 12.0 Å². The van der Waals surface area contributed by atoms with E-state index in [1.807, 2.05) is 30.3 Å². The van der Waals surface area contributed by atoms with Gasteiger partial charge in [0, 0.05) is 17.4 Å². The Morgan fingerprint density at radius 3 is 2.37 bits per heavy atom. The maximum absolute atomic E-state index is 10.7. The van der Waals surface area contributed by atoms with Crippen LogP contribution in [0, 0.1) is 23.7 Å². The zero-order valence-electron chi connectivity index (χ0n) is 18.6. The van der Waals surface area contributed by atoms with Gasteiger partial charge in [-0.2, -0.15) is 0 Å². The number of aliphatic hydroxyl groups is 1. The maximum atomic E-state index is 10.7. The van der Waals surface area contributed by atoms with Crippen molar-refractivity contribution < 1.29 is 28.8 Å². The standard InChI is InChI=1S/C24H36O6/c1-6-18-14(3)13(2)15(4)23(28-18)30-21-16(5)20-19(27-22(21)25)12-26-24(29-20)17-10-8-7-9-11-17/h7-11,13-16,18-25H,6,12H2,1-5H3/t13-,14-,15?,16-,18?,19?,20-,21?,22?,23+,24?/m0/s1. The molecule has 0 bridgehead atoms. The van der Waals surface area contributed by atoms with E-state index in [2.05, 4.69) is 34.6 Å². The van der Waals surface area contributed by atoms with Gasteiger partial charge in [-0.1, -0.05) is 65.0 Å². The van der Waals surface area contributed by atoms with E-state index < -0.39 is 18.7 Å². The SMILES string of the molecule is CCC1O[C@H](OC2C(O)OC3COC(c4ccccc4)O[C@H]3[C@@H]2C)C(C)[C@@H](C)[C@@H]1C. The van der Waals surface area contributed by atoms with Crippen molar-refractivity contribution in [3.63, 3.8) is 0 Å². The molecule has 0 saturated carbocycles. The minimum Gasteiger partial charge on any atom is -0.366 e. The largest absolute Gasteiger partial charge is 0.366 e. The number of hydrogen-bond acceptors (Lipinski definition) is 6. The van der Waals surface area contributed by atoms with Crippen molar-refractivity contribution in [2.45, 2.75) is 84.3 Å². The third kappa shape index (κ3) is 4.18. The summed E-state index contributed by atoms with van der Waals surface area (Å²) in [5, 5.41) is 10.7. The Bertz CT molecular complexity index is 682. The smallest absolute Gasteiger partial charge is 0.184 e. The van der Waals surface area contributed by atoms with E-state index in [4.69, 9.17) is 23.7 Å². The molecule has 0 spiro atoms. The van der Waals surface area contributed by atoms with Crippen molar-refractivity contribution in [3.8, 4) is 0 Å². The molecule has 0 aromatic heterocycles. The predicted molar refractivity (Wildman–Crippen MR) is 111 cm³/mol. The van der Waals surface area contributed by atoms with Crippen LogP contribution in [0.2, 0.25) is 0 Å². The molecule has 6 heteroatoms. The van der Waals surface area contributed by atoms with Gasteiger partial charge in [-0.05, 0) is 18.3 Å². The van der Waals surface area contributed by atoms with Gasteiger partial charge in [-0.15, -0.1) is 0 Å². The van der Waals surface area contributed by atoms with Gasteiger partial charge in [-0.25, -0.2) is 0 Å². The lowest BCUT2D eigenvalue weighted by molar-refractivity contribution is -0.372. The molecule has 3 fully saturated rings. The molecule has 0 radical (unpaired) electrons. The van der Waals surface area contributed by atoms with Crippen LogP contribution in [0.15, 0.2) is 30.3 Å². The topological polar surface area (TPSA) is 66.4 Å². The molecule has 1 aromatic carbocycles. The van der Waals surface area contributed by atoms with Crippen molar-refractivity contribution in [2.75, 3.05) is 6.61 Å². The molecule has 11 atom stereocenters. The van der Waals surface area contributed by atoms with Crippen LogP contribution in [-0.2, 0) is 23.7 Å². The summed E-state index contributed by atoms with van der Waals surface area (Å²) in [6, 6.07) is 9.90. The Kier molecular flexibility index (Phi) is 6.82. The average molecular weight is 421 g/mol. The van der Waals surface area contributed by atoms with Crippen molar-refractivity contribution >= 4 is 0 Å². The summed E-state index contributed by atoms with van der Waals surface area (Å²) in [5.74, 6) is 1.11. The molecule has 168 valence electrons. The highest BCUT2D eigenvalue weighted by atomic mass is 16.7. The van der Waals surface area contributed by atoms with Gasteiger partial charge in [0.25, 0.3) is 0 Å². The lowest BCUT2D eigenvalue weighted by Crippen LogP contribution is -2.60. The lowest BCUT2D eigenvalue weighted by Gasteiger charge is -2.50. The van der Waals surface area contributed by atoms with Crippen LogP contribution < -0.4 is 0 Å². The monoisotopic (exact) mass is 420 g/mol.